The molecule has 1 N–H and O–H groups in total. The van der Waals surface area contributed by atoms with Crippen molar-refractivity contribution in [3.8, 4) is 0 Å². The molecule has 86 valence electrons. The van der Waals surface area contributed by atoms with Gasteiger partial charge in [0.2, 0.25) is 5.91 Å². The maximum atomic E-state index is 11.3. The fraction of sp³-hybridized carbons (Fsp3) is 0.250. The zero-order chi connectivity index (χ0) is 12.1. The Morgan fingerprint density at radius 3 is 2.31 bits per heavy atom. The van der Waals surface area contributed by atoms with E-state index in [9.17, 15) is 4.79 Å². The molecule has 0 fully saturated rings. The summed E-state index contributed by atoms with van der Waals surface area (Å²) < 4.78 is 0. The molecule has 0 aliphatic rings. The predicted octanol–water partition coefficient (Wildman–Crippen LogP) is 3.53. The van der Waals surface area contributed by atoms with E-state index in [1.54, 1.807) is 24.3 Å². The first-order valence-electron chi connectivity index (χ1n) is 4.92. The van der Waals surface area contributed by atoms with Crippen LogP contribution in [0.5, 0.6) is 0 Å². The second-order valence-electron chi connectivity index (χ2n) is 3.70. The third kappa shape index (κ3) is 4.69. The lowest BCUT2D eigenvalue weighted by Gasteiger charge is -2.04. The van der Waals surface area contributed by atoms with Gasteiger partial charge in [-0.05, 0) is 43.7 Å². The van der Waals surface area contributed by atoms with E-state index in [1.165, 1.54) is 6.08 Å². The first-order chi connectivity index (χ1) is 7.47. The first-order valence-corrected chi connectivity index (χ1v) is 5.67. The molecule has 0 bridgehead atoms. The molecule has 1 rings (SSSR count). The van der Waals surface area contributed by atoms with E-state index in [-0.39, 0.29) is 11.9 Å². The highest BCUT2D eigenvalue weighted by Gasteiger charge is 1.99. The Balaban J connectivity index is 2.72. The molecule has 0 radical (unpaired) electrons. The average Bonchev–Trinajstić information content (AvgIpc) is 2.12. The fourth-order valence-electron chi connectivity index (χ4n) is 1.18. The topological polar surface area (TPSA) is 29.1 Å². The van der Waals surface area contributed by atoms with Crippen LogP contribution in [0, 0.1) is 0 Å². The Bertz CT molecular complexity index is 393. The van der Waals surface area contributed by atoms with E-state index >= 15 is 0 Å². The van der Waals surface area contributed by atoms with Crippen LogP contribution in [0.2, 0.25) is 10.0 Å². The van der Waals surface area contributed by atoms with Gasteiger partial charge in [0.05, 0.1) is 0 Å². The van der Waals surface area contributed by atoms with Crippen LogP contribution in [0.3, 0.4) is 0 Å². The molecule has 1 aromatic carbocycles. The first kappa shape index (κ1) is 13.1. The Labute approximate surface area is 105 Å². The standard InChI is InChI=1S/C12H13Cl2NO/c1-8(2)15-12(16)4-3-9-5-10(13)7-11(14)6-9/h3-8H,1-2H3,(H,15,16)/b4-3+. The van der Waals surface area contributed by atoms with Crippen molar-refractivity contribution in [3.05, 3.63) is 39.9 Å². The minimum absolute atomic E-state index is 0.125. The van der Waals surface area contributed by atoms with Gasteiger partial charge in [0.1, 0.15) is 0 Å². The molecule has 1 aromatic rings. The largest absolute Gasteiger partial charge is 0.350 e. The third-order valence-corrected chi connectivity index (χ3v) is 2.18. The van der Waals surface area contributed by atoms with Crippen molar-refractivity contribution in [1.29, 1.82) is 0 Å². The summed E-state index contributed by atoms with van der Waals surface area (Å²) in [5, 5.41) is 3.85. The van der Waals surface area contributed by atoms with Gasteiger partial charge in [0.15, 0.2) is 0 Å². The van der Waals surface area contributed by atoms with Gasteiger partial charge in [-0.1, -0.05) is 23.2 Å². The van der Waals surface area contributed by atoms with Crippen molar-refractivity contribution in [2.24, 2.45) is 0 Å². The van der Waals surface area contributed by atoms with Crippen LogP contribution in [-0.4, -0.2) is 11.9 Å². The molecule has 0 unspecified atom stereocenters. The fourth-order valence-corrected chi connectivity index (χ4v) is 1.72. The van der Waals surface area contributed by atoms with Crippen LogP contribution < -0.4 is 5.32 Å². The minimum atomic E-state index is -0.133. The van der Waals surface area contributed by atoms with E-state index in [2.05, 4.69) is 5.32 Å². The number of halogens is 2. The van der Waals surface area contributed by atoms with Gasteiger partial charge in [0, 0.05) is 22.2 Å². The maximum Gasteiger partial charge on any atom is 0.244 e. The van der Waals surface area contributed by atoms with Crippen LogP contribution >= 0.6 is 23.2 Å². The van der Waals surface area contributed by atoms with E-state index in [0.717, 1.165) is 5.56 Å². The van der Waals surface area contributed by atoms with Crippen molar-refractivity contribution in [2.75, 3.05) is 0 Å². The lowest BCUT2D eigenvalue weighted by Crippen LogP contribution is -2.28. The van der Waals surface area contributed by atoms with Crippen LogP contribution in [-0.2, 0) is 4.79 Å². The number of hydrogen-bond donors (Lipinski definition) is 1. The Morgan fingerprint density at radius 1 is 1.25 bits per heavy atom. The average molecular weight is 258 g/mol. The van der Waals surface area contributed by atoms with E-state index in [4.69, 9.17) is 23.2 Å². The van der Waals surface area contributed by atoms with Gasteiger partial charge in [-0.2, -0.15) is 0 Å². The van der Waals surface area contributed by atoms with Crippen LogP contribution in [0.1, 0.15) is 19.4 Å². The van der Waals surface area contributed by atoms with Crippen LogP contribution in [0.25, 0.3) is 6.08 Å². The molecule has 0 saturated carbocycles. The van der Waals surface area contributed by atoms with Crippen molar-refractivity contribution in [1.82, 2.24) is 5.32 Å². The summed E-state index contributed by atoms with van der Waals surface area (Å²) >= 11 is 11.7. The number of carbonyl (C=O) groups is 1. The molecule has 4 heteroatoms. The number of amides is 1. The lowest BCUT2D eigenvalue weighted by molar-refractivity contribution is -0.116. The van der Waals surface area contributed by atoms with Gasteiger partial charge >= 0.3 is 0 Å². The monoisotopic (exact) mass is 257 g/mol. The normalized spacial score (nSPS) is 11.1. The Morgan fingerprint density at radius 2 is 1.81 bits per heavy atom. The summed E-state index contributed by atoms with van der Waals surface area (Å²) in [6.45, 7) is 3.81. The molecule has 16 heavy (non-hydrogen) atoms. The number of nitrogens with one attached hydrogen (secondary N) is 1. The zero-order valence-corrected chi connectivity index (χ0v) is 10.6. The van der Waals surface area contributed by atoms with E-state index < -0.39 is 0 Å². The Kier molecular flexibility index (Phi) is 4.84. The second kappa shape index (κ2) is 5.92. The zero-order valence-electron chi connectivity index (χ0n) is 9.13. The minimum Gasteiger partial charge on any atom is -0.350 e. The lowest BCUT2D eigenvalue weighted by atomic mass is 10.2. The summed E-state index contributed by atoms with van der Waals surface area (Å²) in [4.78, 5) is 11.3. The summed E-state index contributed by atoms with van der Waals surface area (Å²) in [6.07, 6.45) is 3.14. The molecule has 0 aliphatic carbocycles. The number of hydrogen-bond acceptors (Lipinski definition) is 1. The molecular weight excluding hydrogens is 245 g/mol. The van der Waals surface area contributed by atoms with Crippen molar-refractivity contribution >= 4 is 35.2 Å². The number of rotatable bonds is 3. The van der Waals surface area contributed by atoms with Gasteiger partial charge in [-0.3, -0.25) is 4.79 Å². The van der Waals surface area contributed by atoms with Crippen molar-refractivity contribution in [2.45, 2.75) is 19.9 Å². The summed E-state index contributed by atoms with van der Waals surface area (Å²) in [5.41, 5.74) is 0.802. The highest BCUT2D eigenvalue weighted by atomic mass is 35.5. The molecule has 0 saturated heterocycles. The van der Waals surface area contributed by atoms with Gasteiger partial charge < -0.3 is 5.32 Å². The summed E-state index contributed by atoms with van der Waals surface area (Å²) in [5.74, 6) is -0.133. The molecule has 1 amide bonds. The van der Waals surface area contributed by atoms with Crippen LogP contribution in [0.15, 0.2) is 24.3 Å². The van der Waals surface area contributed by atoms with Gasteiger partial charge in [-0.15, -0.1) is 0 Å². The molecule has 0 heterocycles. The van der Waals surface area contributed by atoms with E-state index in [1.807, 2.05) is 13.8 Å². The molecule has 0 aliphatic heterocycles. The number of benzene rings is 1. The van der Waals surface area contributed by atoms with Crippen molar-refractivity contribution < 1.29 is 4.79 Å². The predicted molar refractivity (Wildman–Crippen MR) is 68.8 cm³/mol. The maximum absolute atomic E-state index is 11.3. The highest BCUT2D eigenvalue weighted by Crippen LogP contribution is 2.19. The molecule has 0 aromatic heterocycles. The summed E-state index contributed by atoms with van der Waals surface area (Å²) in [6, 6.07) is 5.26. The highest BCUT2D eigenvalue weighted by molar-refractivity contribution is 6.34. The smallest absolute Gasteiger partial charge is 0.244 e. The second-order valence-corrected chi connectivity index (χ2v) is 4.57. The molecule has 0 spiro atoms. The van der Waals surface area contributed by atoms with Crippen molar-refractivity contribution in [3.63, 3.8) is 0 Å². The quantitative estimate of drug-likeness (QED) is 0.825. The number of carbonyl (C=O) groups excluding carboxylic acids is 1. The van der Waals surface area contributed by atoms with E-state index in [0.29, 0.717) is 10.0 Å². The molecular formula is C12H13Cl2NO. The third-order valence-electron chi connectivity index (χ3n) is 1.74. The Hall–Kier alpha value is -0.990. The molecule has 0 atom stereocenters. The van der Waals surface area contributed by atoms with Gasteiger partial charge in [-0.25, -0.2) is 0 Å². The SMILES string of the molecule is CC(C)NC(=O)/C=C/c1cc(Cl)cc(Cl)c1. The summed E-state index contributed by atoms with van der Waals surface area (Å²) in [7, 11) is 0. The van der Waals surface area contributed by atoms with Crippen LogP contribution in [0.4, 0.5) is 0 Å². The van der Waals surface area contributed by atoms with Gasteiger partial charge in [0.25, 0.3) is 0 Å². The molecule has 2 nitrogen and oxygen atoms in total.